The summed E-state index contributed by atoms with van der Waals surface area (Å²) in [5, 5.41) is 17.0. The van der Waals surface area contributed by atoms with Crippen LogP contribution in [0.25, 0.3) is 0 Å². The standard InChI is InChI=1S/C5H4BClFNO2/c7-5-3(6(10)11)1-2-4(8)9-5/h1-2,10-11H. The van der Waals surface area contributed by atoms with Crippen LogP contribution in [0.2, 0.25) is 5.15 Å². The van der Waals surface area contributed by atoms with Gasteiger partial charge in [-0.25, -0.2) is 4.98 Å². The van der Waals surface area contributed by atoms with E-state index in [9.17, 15) is 4.39 Å². The summed E-state index contributed by atoms with van der Waals surface area (Å²) in [5.41, 5.74) is -0.00642. The summed E-state index contributed by atoms with van der Waals surface area (Å²) in [6.07, 6.45) is 0. The largest absolute Gasteiger partial charge is 0.491 e. The van der Waals surface area contributed by atoms with E-state index in [0.29, 0.717) is 0 Å². The molecule has 0 aliphatic heterocycles. The van der Waals surface area contributed by atoms with Crippen LogP contribution in [0, 0.1) is 5.95 Å². The molecule has 1 aromatic heterocycles. The highest BCUT2D eigenvalue weighted by atomic mass is 35.5. The van der Waals surface area contributed by atoms with Crippen LogP contribution in [0.3, 0.4) is 0 Å². The molecule has 0 aliphatic carbocycles. The summed E-state index contributed by atoms with van der Waals surface area (Å²) >= 11 is 5.35. The van der Waals surface area contributed by atoms with Crippen LogP contribution in [-0.4, -0.2) is 22.2 Å². The minimum atomic E-state index is -1.71. The van der Waals surface area contributed by atoms with Crippen LogP contribution < -0.4 is 5.46 Å². The molecule has 0 spiro atoms. The molecule has 11 heavy (non-hydrogen) atoms. The van der Waals surface area contributed by atoms with Gasteiger partial charge in [-0.05, 0) is 6.07 Å². The van der Waals surface area contributed by atoms with Crippen molar-refractivity contribution in [2.45, 2.75) is 0 Å². The lowest BCUT2D eigenvalue weighted by Crippen LogP contribution is -2.31. The van der Waals surface area contributed by atoms with E-state index in [1.165, 1.54) is 0 Å². The Labute approximate surface area is 67.6 Å². The normalized spacial score (nSPS) is 9.82. The Morgan fingerprint density at radius 1 is 1.45 bits per heavy atom. The van der Waals surface area contributed by atoms with Gasteiger partial charge in [-0.3, -0.25) is 0 Å². The smallest absolute Gasteiger partial charge is 0.423 e. The summed E-state index contributed by atoms with van der Waals surface area (Å²) in [5.74, 6) is -0.751. The number of aromatic nitrogens is 1. The summed E-state index contributed by atoms with van der Waals surface area (Å²) < 4.78 is 12.3. The molecule has 0 aliphatic rings. The maximum Gasteiger partial charge on any atom is 0.491 e. The fourth-order valence-corrected chi connectivity index (χ4v) is 0.857. The van der Waals surface area contributed by atoms with Crippen LogP contribution >= 0.6 is 11.6 Å². The first-order valence-corrected chi connectivity index (χ1v) is 3.17. The number of hydrogen-bond acceptors (Lipinski definition) is 3. The molecule has 6 heteroatoms. The van der Waals surface area contributed by atoms with Crippen molar-refractivity contribution in [2.24, 2.45) is 0 Å². The third-order valence-electron chi connectivity index (χ3n) is 1.12. The molecule has 0 unspecified atom stereocenters. The molecule has 0 bridgehead atoms. The molecule has 0 fully saturated rings. The maximum atomic E-state index is 12.3. The van der Waals surface area contributed by atoms with Gasteiger partial charge >= 0.3 is 7.12 Å². The van der Waals surface area contributed by atoms with Crippen molar-refractivity contribution in [3.05, 3.63) is 23.2 Å². The second kappa shape index (κ2) is 3.17. The molecule has 0 atom stereocenters. The first kappa shape index (κ1) is 8.45. The van der Waals surface area contributed by atoms with E-state index in [2.05, 4.69) is 4.98 Å². The molecule has 58 valence electrons. The Bertz CT molecular complexity index is 271. The lowest BCUT2D eigenvalue weighted by atomic mass is 9.82. The Morgan fingerprint density at radius 2 is 2.09 bits per heavy atom. The van der Waals surface area contributed by atoms with Gasteiger partial charge in [0.2, 0.25) is 5.95 Å². The zero-order valence-electron chi connectivity index (χ0n) is 5.33. The zero-order chi connectivity index (χ0) is 8.43. The number of hydrogen-bond donors (Lipinski definition) is 2. The number of pyridine rings is 1. The average Bonchev–Trinajstić information content (AvgIpc) is 1.85. The van der Waals surface area contributed by atoms with Gasteiger partial charge in [0, 0.05) is 5.46 Å². The minimum absolute atomic E-state index is 0.00642. The molecule has 0 amide bonds. The molecule has 0 aromatic carbocycles. The molecule has 0 radical (unpaired) electrons. The Hall–Kier alpha value is -0.645. The third-order valence-corrected chi connectivity index (χ3v) is 1.42. The van der Waals surface area contributed by atoms with Crippen molar-refractivity contribution in [1.82, 2.24) is 4.98 Å². The first-order valence-electron chi connectivity index (χ1n) is 2.79. The molecular weight excluding hydrogens is 171 g/mol. The number of halogens is 2. The topological polar surface area (TPSA) is 53.4 Å². The third kappa shape index (κ3) is 1.89. The van der Waals surface area contributed by atoms with Crippen LogP contribution in [0.4, 0.5) is 4.39 Å². The lowest BCUT2D eigenvalue weighted by molar-refractivity contribution is 0.425. The summed E-state index contributed by atoms with van der Waals surface area (Å²) in [6, 6.07) is 2.16. The van der Waals surface area contributed by atoms with Crippen molar-refractivity contribution in [1.29, 1.82) is 0 Å². The van der Waals surface area contributed by atoms with Gasteiger partial charge in [0.25, 0.3) is 0 Å². The van der Waals surface area contributed by atoms with E-state index in [-0.39, 0.29) is 10.6 Å². The molecule has 1 aromatic rings. The monoisotopic (exact) mass is 175 g/mol. The van der Waals surface area contributed by atoms with E-state index in [1.54, 1.807) is 0 Å². The van der Waals surface area contributed by atoms with Crippen LogP contribution in [0.15, 0.2) is 12.1 Å². The molecule has 0 saturated heterocycles. The van der Waals surface area contributed by atoms with E-state index >= 15 is 0 Å². The molecule has 3 nitrogen and oxygen atoms in total. The van der Waals surface area contributed by atoms with Crippen molar-refractivity contribution >= 4 is 24.2 Å². The Balaban J connectivity index is 3.09. The molecule has 2 N–H and O–H groups in total. The quantitative estimate of drug-likeness (QED) is 0.449. The lowest BCUT2D eigenvalue weighted by Gasteiger charge is -1.99. The van der Waals surface area contributed by atoms with Crippen LogP contribution in [0.5, 0.6) is 0 Å². The van der Waals surface area contributed by atoms with Crippen LogP contribution in [0.1, 0.15) is 0 Å². The van der Waals surface area contributed by atoms with Gasteiger partial charge < -0.3 is 10.0 Å². The van der Waals surface area contributed by atoms with Crippen molar-refractivity contribution in [2.75, 3.05) is 0 Å². The average molecular weight is 175 g/mol. The summed E-state index contributed by atoms with van der Waals surface area (Å²) in [4.78, 5) is 3.17. The van der Waals surface area contributed by atoms with Crippen molar-refractivity contribution in [3.63, 3.8) is 0 Å². The van der Waals surface area contributed by atoms with Crippen molar-refractivity contribution in [3.8, 4) is 0 Å². The SMILES string of the molecule is OB(O)c1ccc(F)nc1Cl. The highest BCUT2D eigenvalue weighted by Crippen LogP contribution is 2.01. The molecule has 0 saturated carbocycles. The second-order valence-electron chi connectivity index (χ2n) is 1.89. The number of rotatable bonds is 1. The molecule has 1 rings (SSSR count). The summed E-state index contributed by atoms with van der Waals surface area (Å²) in [7, 11) is -1.71. The predicted octanol–water partition coefficient (Wildman–Crippen LogP) is -0.446. The highest BCUT2D eigenvalue weighted by molar-refractivity contribution is 6.62. The van der Waals surface area contributed by atoms with E-state index < -0.39 is 13.1 Å². The van der Waals surface area contributed by atoms with Gasteiger partial charge in [-0.15, -0.1) is 0 Å². The van der Waals surface area contributed by atoms with E-state index in [0.717, 1.165) is 12.1 Å². The van der Waals surface area contributed by atoms with Gasteiger partial charge in [-0.1, -0.05) is 17.7 Å². The van der Waals surface area contributed by atoms with Gasteiger partial charge in [-0.2, -0.15) is 4.39 Å². The fourth-order valence-electron chi connectivity index (χ4n) is 0.615. The van der Waals surface area contributed by atoms with Crippen LogP contribution in [-0.2, 0) is 0 Å². The molecule has 1 heterocycles. The Kier molecular flexibility index (Phi) is 2.43. The van der Waals surface area contributed by atoms with E-state index in [1.807, 2.05) is 0 Å². The number of nitrogens with zero attached hydrogens (tertiary/aromatic N) is 1. The fraction of sp³-hybridized carbons (Fsp3) is 0. The van der Waals surface area contributed by atoms with E-state index in [4.69, 9.17) is 21.6 Å². The summed E-state index contributed by atoms with van der Waals surface area (Å²) in [6.45, 7) is 0. The maximum absolute atomic E-state index is 12.3. The Morgan fingerprint density at radius 3 is 2.55 bits per heavy atom. The minimum Gasteiger partial charge on any atom is -0.423 e. The second-order valence-corrected chi connectivity index (χ2v) is 2.25. The predicted molar refractivity (Wildman–Crippen MR) is 39.0 cm³/mol. The van der Waals surface area contributed by atoms with Crippen molar-refractivity contribution < 1.29 is 14.4 Å². The molecular formula is C5H4BClFNO2. The first-order chi connectivity index (χ1) is 5.11. The zero-order valence-corrected chi connectivity index (χ0v) is 6.09. The highest BCUT2D eigenvalue weighted by Gasteiger charge is 2.15. The van der Waals surface area contributed by atoms with Gasteiger partial charge in [0.05, 0.1) is 0 Å². The van der Waals surface area contributed by atoms with Gasteiger partial charge in [0.15, 0.2) is 0 Å². The van der Waals surface area contributed by atoms with Gasteiger partial charge in [0.1, 0.15) is 5.15 Å².